The molecular formula is C71H126O6. The molecule has 6 nitrogen and oxygen atoms in total. The number of rotatable bonds is 61. The monoisotopic (exact) mass is 1070 g/mol. The van der Waals surface area contributed by atoms with Crippen molar-refractivity contribution in [1.82, 2.24) is 0 Å². The van der Waals surface area contributed by atoms with Crippen LogP contribution in [0.2, 0.25) is 0 Å². The van der Waals surface area contributed by atoms with Crippen LogP contribution in [-0.4, -0.2) is 37.2 Å². The lowest BCUT2D eigenvalue weighted by Crippen LogP contribution is -2.30. The van der Waals surface area contributed by atoms with Gasteiger partial charge in [0, 0.05) is 19.3 Å². The minimum atomic E-state index is -0.774. The Morgan fingerprint density at radius 2 is 0.506 bits per heavy atom. The molecule has 0 aliphatic carbocycles. The molecular weight excluding hydrogens is 949 g/mol. The third kappa shape index (κ3) is 63.6. The molecule has 0 aromatic heterocycles. The largest absolute Gasteiger partial charge is 0.462 e. The van der Waals surface area contributed by atoms with Crippen molar-refractivity contribution < 1.29 is 28.6 Å². The van der Waals surface area contributed by atoms with Crippen LogP contribution in [0.1, 0.15) is 342 Å². The molecule has 1 atom stereocenters. The average molecular weight is 1080 g/mol. The number of hydrogen-bond donors (Lipinski definition) is 0. The maximum Gasteiger partial charge on any atom is 0.306 e. The van der Waals surface area contributed by atoms with E-state index in [0.717, 1.165) is 96.3 Å². The Labute approximate surface area is 478 Å². The first kappa shape index (κ1) is 73.8. The molecule has 446 valence electrons. The summed E-state index contributed by atoms with van der Waals surface area (Å²) in [6, 6.07) is 0. The Morgan fingerprint density at radius 3 is 0.831 bits per heavy atom. The summed E-state index contributed by atoms with van der Waals surface area (Å²) < 4.78 is 16.9. The molecule has 1 unspecified atom stereocenters. The van der Waals surface area contributed by atoms with Gasteiger partial charge in [0.15, 0.2) is 6.10 Å². The van der Waals surface area contributed by atoms with E-state index in [0.29, 0.717) is 19.3 Å². The number of hydrogen-bond acceptors (Lipinski definition) is 6. The zero-order chi connectivity index (χ0) is 55.7. The van der Waals surface area contributed by atoms with Gasteiger partial charge in [-0.1, -0.05) is 306 Å². The first-order valence-electron chi connectivity index (χ1n) is 33.4. The van der Waals surface area contributed by atoms with Gasteiger partial charge in [-0.2, -0.15) is 0 Å². The number of esters is 3. The summed E-state index contributed by atoms with van der Waals surface area (Å²) in [5.41, 5.74) is 0. The summed E-state index contributed by atoms with van der Waals surface area (Å²) in [4.78, 5) is 38.2. The fourth-order valence-corrected chi connectivity index (χ4v) is 9.70. The predicted octanol–water partition coefficient (Wildman–Crippen LogP) is 22.9. The lowest BCUT2D eigenvalue weighted by molar-refractivity contribution is -0.167. The quantitative estimate of drug-likeness (QED) is 0.0261. The van der Waals surface area contributed by atoms with E-state index in [2.05, 4.69) is 93.7 Å². The van der Waals surface area contributed by atoms with E-state index in [1.54, 1.807) is 0 Å². The highest BCUT2D eigenvalue weighted by molar-refractivity contribution is 5.71. The van der Waals surface area contributed by atoms with Gasteiger partial charge in [-0.25, -0.2) is 0 Å². The van der Waals surface area contributed by atoms with Crippen molar-refractivity contribution in [3.63, 3.8) is 0 Å². The predicted molar refractivity (Wildman–Crippen MR) is 335 cm³/mol. The maximum absolute atomic E-state index is 12.8. The van der Waals surface area contributed by atoms with Crippen LogP contribution < -0.4 is 0 Å². The number of carbonyl (C=O) groups excluding carboxylic acids is 3. The summed E-state index contributed by atoms with van der Waals surface area (Å²) in [6.45, 7) is 6.53. The standard InChI is InChI=1S/C71H126O6/c1-4-7-10-13-16-19-22-25-26-27-28-29-30-31-32-33-34-35-36-37-38-39-40-41-42-43-44-45-46-47-50-52-55-58-61-64-70(73)76-67-68(77-71(74)65-62-59-56-53-49-24-21-18-15-12-9-6-3)66-75-69(72)63-60-57-54-51-48-23-20-17-14-11-8-5-2/h7,10,16,18-19,21,25-26,28-29,31-32,68H,4-6,8-9,11-15,17,20,22-24,27,30,33-67H2,1-3H3/b10-7-,19-16-,21-18-,26-25-,29-28-,32-31-. The molecule has 0 bridgehead atoms. The topological polar surface area (TPSA) is 78.9 Å². The second-order valence-electron chi connectivity index (χ2n) is 22.4. The van der Waals surface area contributed by atoms with Gasteiger partial charge in [-0.15, -0.1) is 0 Å². The van der Waals surface area contributed by atoms with Crippen molar-refractivity contribution in [3.05, 3.63) is 72.9 Å². The van der Waals surface area contributed by atoms with Crippen molar-refractivity contribution in [2.45, 2.75) is 348 Å². The van der Waals surface area contributed by atoms with Gasteiger partial charge in [-0.05, 0) is 89.9 Å². The van der Waals surface area contributed by atoms with Crippen molar-refractivity contribution in [1.29, 1.82) is 0 Å². The van der Waals surface area contributed by atoms with Gasteiger partial charge in [0.25, 0.3) is 0 Å². The molecule has 77 heavy (non-hydrogen) atoms. The number of ether oxygens (including phenoxy) is 3. The molecule has 0 aromatic rings. The van der Waals surface area contributed by atoms with Crippen LogP contribution in [0.15, 0.2) is 72.9 Å². The number of carbonyl (C=O) groups is 3. The molecule has 0 aliphatic heterocycles. The fraction of sp³-hybridized carbons (Fsp3) is 0.789. The molecule has 0 aliphatic rings. The van der Waals surface area contributed by atoms with Crippen LogP contribution in [0.3, 0.4) is 0 Å². The van der Waals surface area contributed by atoms with E-state index in [1.165, 1.54) is 205 Å². The zero-order valence-electron chi connectivity index (χ0n) is 51.2. The van der Waals surface area contributed by atoms with Crippen molar-refractivity contribution in [3.8, 4) is 0 Å². The van der Waals surface area contributed by atoms with Gasteiger partial charge < -0.3 is 14.2 Å². The molecule has 0 fully saturated rings. The summed E-state index contributed by atoms with van der Waals surface area (Å²) in [5, 5.41) is 0. The van der Waals surface area contributed by atoms with Gasteiger partial charge in [0.05, 0.1) is 0 Å². The summed E-state index contributed by atoms with van der Waals surface area (Å²) in [5.74, 6) is -0.864. The fourth-order valence-electron chi connectivity index (χ4n) is 9.70. The molecule has 0 saturated carbocycles. The van der Waals surface area contributed by atoms with Crippen molar-refractivity contribution >= 4 is 17.9 Å². The highest BCUT2D eigenvalue weighted by atomic mass is 16.6. The highest BCUT2D eigenvalue weighted by Crippen LogP contribution is 2.17. The lowest BCUT2D eigenvalue weighted by atomic mass is 10.0. The molecule has 0 rings (SSSR count). The van der Waals surface area contributed by atoms with Crippen molar-refractivity contribution in [2.75, 3.05) is 13.2 Å². The van der Waals surface area contributed by atoms with Gasteiger partial charge in [-0.3, -0.25) is 14.4 Å². The van der Waals surface area contributed by atoms with Crippen LogP contribution in [0.4, 0.5) is 0 Å². The molecule has 0 amide bonds. The van der Waals surface area contributed by atoms with E-state index in [-0.39, 0.29) is 31.1 Å². The van der Waals surface area contributed by atoms with E-state index in [9.17, 15) is 14.4 Å². The van der Waals surface area contributed by atoms with Gasteiger partial charge >= 0.3 is 17.9 Å². The Hall–Kier alpha value is -3.15. The third-order valence-corrected chi connectivity index (χ3v) is 14.7. The Kier molecular flexibility index (Phi) is 62.7. The molecule has 0 radical (unpaired) electrons. The van der Waals surface area contributed by atoms with E-state index in [1.807, 2.05) is 0 Å². The number of allylic oxidation sites excluding steroid dienone is 12. The van der Waals surface area contributed by atoms with Crippen LogP contribution in [0, 0.1) is 0 Å². The van der Waals surface area contributed by atoms with Crippen LogP contribution in [-0.2, 0) is 28.6 Å². The van der Waals surface area contributed by atoms with Crippen molar-refractivity contribution in [2.24, 2.45) is 0 Å². The molecule has 0 N–H and O–H groups in total. The first-order chi connectivity index (χ1) is 38.0. The average Bonchev–Trinajstić information content (AvgIpc) is 3.43. The van der Waals surface area contributed by atoms with Gasteiger partial charge in [0.1, 0.15) is 13.2 Å². The third-order valence-electron chi connectivity index (χ3n) is 14.7. The zero-order valence-corrected chi connectivity index (χ0v) is 51.2. The van der Waals surface area contributed by atoms with Crippen LogP contribution in [0.25, 0.3) is 0 Å². The maximum atomic E-state index is 12.8. The van der Waals surface area contributed by atoms with Crippen LogP contribution >= 0.6 is 0 Å². The van der Waals surface area contributed by atoms with Crippen LogP contribution in [0.5, 0.6) is 0 Å². The molecule has 0 saturated heterocycles. The SMILES string of the molecule is CC/C=C\C/C=C\C/C=C\C/C=C\C/C=C\CCCCCCCCCCCCCCCCCCCCCC(=O)OCC(COC(=O)CCCCCCCCCCCCCC)OC(=O)CCCCCCC/C=C\CCCCC. The minimum absolute atomic E-state index is 0.0724. The Balaban J connectivity index is 4.03. The Bertz CT molecular complexity index is 1420. The normalized spacial score (nSPS) is 12.5. The number of unbranched alkanes of at least 4 members (excludes halogenated alkanes) is 38. The second kappa shape index (κ2) is 65.4. The highest BCUT2D eigenvalue weighted by Gasteiger charge is 2.19. The smallest absolute Gasteiger partial charge is 0.306 e. The lowest BCUT2D eigenvalue weighted by Gasteiger charge is -2.18. The minimum Gasteiger partial charge on any atom is -0.462 e. The summed E-state index contributed by atoms with van der Waals surface area (Å²) in [7, 11) is 0. The first-order valence-corrected chi connectivity index (χ1v) is 33.4. The second-order valence-corrected chi connectivity index (χ2v) is 22.4. The molecule has 0 heterocycles. The molecule has 0 spiro atoms. The Morgan fingerprint density at radius 1 is 0.273 bits per heavy atom. The molecule has 6 heteroatoms. The molecule has 0 aromatic carbocycles. The summed E-state index contributed by atoms with van der Waals surface area (Å²) >= 11 is 0. The van der Waals surface area contributed by atoms with E-state index >= 15 is 0 Å². The van der Waals surface area contributed by atoms with E-state index in [4.69, 9.17) is 14.2 Å². The van der Waals surface area contributed by atoms with E-state index < -0.39 is 6.10 Å². The van der Waals surface area contributed by atoms with Gasteiger partial charge in [0.2, 0.25) is 0 Å². The summed E-state index contributed by atoms with van der Waals surface area (Å²) in [6.07, 6.45) is 85.1.